The second-order valence-electron chi connectivity index (χ2n) is 2.67. The molecule has 3 N–H and O–H groups in total. The molecule has 0 spiro atoms. The maximum Gasteiger partial charge on any atom is 0.325 e. The molecule has 1 aromatic rings. The predicted molar refractivity (Wildman–Crippen MR) is 47.7 cm³/mol. The molecule has 14 heavy (non-hydrogen) atoms. The third-order valence-corrected chi connectivity index (χ3v) is 1.71. The molecule has 0 saturated carbocycles. The maximum absolute atomic E-state index is 10.5. The summed E-state index contributed by atoms with van der Waals surface area (Å²) in [6, 6.07) is 4.04. The van der Waals surface area contributed by atoms with Crippen molar-refractivity contribution in [1.82, 2.24) is 0 Å². The van der Waals surface area contributed by atoms with Gasteiger partial charge in [0.1, 0.15) is 6.04 Å². The third-order valence-electron chi connectivity index (χ3n) is 1.71. The molecule has 0 unspecified atom stereocenters. The highest BCUT2D eigenvalue weighted by molar-refractivity contribution is 5.75. The number of hydrogen-bond acceptors (Lipinski definition) is 4. The van der Waals surface area contributed by atoms with Crippen molar-refractivity contribution >= 4 is 11.7 Å². The van der Waals surface area contributed by atoms with E-state index >= 15 is 0 Å². The summed E-state index contributed by atoms with van der Waals surface area (Å²) in [6.07, 6.45) is 0. The van der Waals surface area contributed by atoms with Crippen LogP contribution in [0.5, 0.6) is 0 Å². The lowest BCUT2D eigenvalue weighted by Gasteiger charge is -2.05. The van der Waals surface area contributed by atoms with Crippen molar-refractivity contribution in [2.75, 3.05) is 0 Å². The first kappa shape index (κ1) is 10.1. The fourth-order valence-corrected chi connectivity index (χ4v) is 0.974. The van der Waals surface area contributed by atoms with Crippen molar-refractivity contribution in [1.29, 1.82) is 0 Å². The van der Waals surface area contributed by atoms with E-state index in [1.54, 1.807) is 0 Å². The number of hydrogen-bond donors (Lipinski definition) is 2. The van der Waals surface area contributed by atoms with E-state index in [2.05, 4.69) is 0 Å². The Morgan fingerprint density at radius 3 is 2.71 bits per heavy atom. The van der Waals surface area contributed by atoms with Gasteiger partial charge in [0.15, 0.2) is 0 Å². The number of nitro groups is 1. The van der Waals surface area contributed by atoms with Crippen molar-refractivity contribution in [2.45, 2.75) is 6.04 Å². The zero-order valence-corrected chi connectivity index (χ0v) is 7.08. The standard InChI is InChI=1S/C8H8N2O4/c9-7(8(11)12)5-2-1-3-6(4-5)10(13)14/h1-4,7H,9H2,(H,11,12)/t7-/m0/s1. The largest absolute Gasteiger partial charge is 0.480 e. The molecule has 0 saturated heterocycles. The van der Waals surface area contributed by atoms with Crippen molar-refractivity contribution in [3.8, 4) is 0 Å². The molecule has 6 heteroatoms. The third kappa shape index (κ3) is 2.05. The van der Waals surface area contributed by atoms with E-state index in [0.29, 0.717) is 0 Å². The minimum absolute atomic E-state index is 0.167. The highest BCUT2D eigenvalue weighted by atomic mass is 16.6. The first-order valence-electron chi connectivity index (χ1n) is 3.75. The molecule has 0 radical (unpaired) electrons. The van der Waals surface area contributed by atoms with Crippen LogP contribution >= 0.6 is 0 Å². The lowest BCUT2D eigenvalue weighted by atomic mass is 10.1. The first-order valence-corrected chi connectivity index (χ1v) is 3.75. The highest BCUT2D eigenvalue weighted by Crippen LogP contribution is 2.17. The van der Waals surface area contributed by atoms with Gasteiger partial charge in [-0.25, -0.2) is 0 Å². The monoisotopic (exact) mass is 196 g/mol. The molecule has 1 atom stereocenters. The molecule has 0 amide bonds. The predicted octanol–water partition coefficient (Wildman–Crippen LogP) is 0.679. The van der Waals surface area contributed by atoms with Gasteiger partial charge < -0.3 is 10.8 Å². The number of carbonyl (C=O) groups is 1. The van der Waals surface area contributed by atoms with Crippen molar-refractivity contribution in [3.05, 3.63) is 39.9 Å². The van der Waals surface area contributed by atoms with Crippen LogP contribution in [0.4, 0.5) is 5.69 Å². The minimum Gasteiger partial charge on any atom is -0.480 e. The number of aliphatic carboxylic acids is 1. The molecular formula is C8H8N2O4. The number of carboxylic acids is 1. The second kappa shape index (κ2) is 3.84. The second-order valence-corrected chi connectivity index (χ2v) is 2.67. The van der Waals surface area contributed by atoms with Gasteiger partial charge in [-0.15, -0.1) is 0 Å². The summed E-state index contributed by atoms with van der Waals surface area (Å²) < 4.78 is 0. The van der Waals surface area contributed by atoms with E-state index in [9.17, 15) is 14.9 Å². The Balaban J connectivity index is 3.05. The van der Waals surface area contributed by atoms with Gasteiger partial charge in [-0.2, -0.15) is 0 Å². The molecule has 0 bridgehead atoms. The number of nitro benzene ring substituents is 1. The van der Waals surface area contributed by atoms with E-state index < -0.39 is 16.9 Å². The summed E-state index contributed by atoms with van der Waals surface area (Å²) in [5.41, 5.74) is 5.33. The number of nitrogens with two attached hydrogens (primary N) is 1. The average molecular weight is 196 g/mol. The Morgan fingerprint density at radius 2 is 2.21 bits per heavy atom. The summed E-state index contributed by atoms with van der Waals surface area (Å²) in [4.78, 5) is 20.2. The Hall–Kier alpha value is -1.95. The number of nitrogens with zero attached hydrogens (tertiary/aromatic N) is 1. The molecule has 1 aromatic carbocycles. The first-order chi connectivity index (χ1) is 6.52. The lowest BCUT2D eigenvalue weighted by Crippen LogP contribution is -2.20. The quantitative estimate of drug-likeness (QED) is 0.546. The van der Waals surface area contributed by atoms with Crippen molar-refractivity contribution in [3.63, 3.8) is 0 Å². The molecule has 0 heterocycles. The smallest absolute Gasteiger partial charge is 0.325 e. The fourth-order valence-electron chi connectivity index (χ4n) is 0.974. The molecule has 0 aromatic heterocycles. The van der Waals surface area contributed by atoms with E-state index in [1.807, 2.05) is 0 Å². The van der Waals surface area contributed by atoms with Gasteiger partial charge in [0.25, 0.3) is 5.69 Å². The van der Waals surface area contributed by atoms with Gasteiger partial charge in [-0.05, 0) is 5.56 Å². The van der Waals surface area contributed by atoms with Gasteiger partial charge in [0.05, 0.1) is 4.92 Å². The van der Waals surface area contributed by atoms with Crippen LogP contribution in [0.15, 0.2) is 24.3 Å². The minimum atomic E-state index is -1.23. The number of non-ortho nitro benzene ring substituents is 1. The summed E-state index contributed by atoms with van der Waals surface area (Å²) in [5.74, 6) is -1.22. The average Bonchev–Trinajstić information content (AvgIpc) is 2.16. The lowest BCUT2D eigenvalue weighted by molar-refractivity contribution is -0.384. The topological polar surface area (TPSA) is 106 Å². The summed E-state index contributed by atoms with van der Waals surface area (Å²) in [6.45, 7) is 0. The van der Waals surface area contributed by atoms with E-state index in [4.69, 9.17) is 10.8 Å². The van der Waals surface area contributed by atoms with Crippen LogP contribution in [-0.4, -0.2) is 16.0 Å². The number of rotatable bonds is 3. The summed E-state index contributed by atoms with van der Waals surface area (Å²) >= 11 is 0. The maximum atomic E-state index is 10.5. The Morgan fingerprint density at radius 1 is 1.57 bits per heavy atom. The molecule has 0 aliphatic carbocycles. The van der Waals surface area contributed by atoms with Gasteiger partial charge >= 0.3 is 5.97 Å². The Kier molecular flexibility index (Phi) is 2.78. The van der Waals surface area contributed by atoms with Crippen LogP contribution in [0, 0.1) is 10.1 Å². The van der Waals surface area contributed by atoms with Gasteiger partial charge in [0.2, 0.25) is 0 Å². The van der Waals surface area contributed by atoms with E-state index in [0.717, 1.165) is 6.07 Å². The van der Waals surface area contributed by atoms with Gasteiger partial charge in [-0.1, -0.05) is 12.1 Å². The van der Waals surface area contributed by atoms with Crippen LogP contribution in [0.1, 0.15) is 11.6 Å². The molecule has 74 valence electrons. The van der Waals surface area contributed by atoms with Gasteiger partial charge in [-0.3, -0.25) is 14.9 Å². The summed E-state index contributed by atoms with van der Waals surface area (Å²) in [5, 5.41) is 18.9. The van der Waals surface area contributed by atoms with Crippen LogP contribution in [-0.2, 0) is 4.79 Å². The fraction of sp³-hybridized carbons (Fsp3) is 0.125. The van der Waals surface area contributed by atoms with Crippen LogP contribution < -0.4 is 5.73 Å². The normalized spacial score (nSPS) is 12.1. The molecular weight excluding hydrogens is 188 g/mol. The molecule has 0 aliphatic rings. The summed E-state index contributed by atoms with van der Waals surface area (Å²) in [7, 11) is 0. The van der Waals surface area contributed by atoms with Crippen LogP contribution in [0.3, 0.4) is 0 Å². The van der Waals surface area contributed by atoms with Crippen LogP contribution in [0.2, 0.25) is 0 Å². The molecule has 0 fully saturated rings. The molecule has 0 aliphatic heterocycles. The van der Waals surface area contributed by atoms with Crippen molar-refractivity contribution in [2.24, 2.45) is 5.73 Å². The zero-order chi connectivity index (χ0) is 10.7. The highest BCUT2D eigenvalue weighted by Gasteiger charge is 2.16. The Bertz CT molecular complexity index is 377. The Labute approximate surface area is 79.1 Å². The zero-order valence-electron chi connectivity index (χ0n) is 7.08. The SMILES string of the molecule is N[C@H](C(=O)O)c1cccc([N+](=O)[O-])c1. The number of benzene rings is 1. The van der Waals surface area contributed by atoms with Crippen molar-refractivity contribution < 1.29 is 14.8 Å². The van der Waals surface area contributed by atoms with E-state index in [-0.39, 0.29) is 11.3 Å². The number of carboxylic acid groups (broad SMARTS) is 1. The molecule has 1 rings (SSSR count). The van der Waals surface area contributed by atoms with Crippen LogP contribution in [0.25, 0.3) is 0 Å². The van der Waals surface area contributed by atoms with E-state index in [1.165, 1.54) is 18.2 Å². The van der Waals surface area contributed by atoms with Gasteiger partial charge in [0, 0.05) is 12.1 Å². The molecule has 6 nitrogen and oxygen atoms in total.